The highest BCUT2D eigenvalue weighted by Crippen LogP contribution is 2.28. The van der Waals surface area contributed by atoms with E-state index in [-0.39, 0.29) is 18.0 Å². The topological polar surface area (TPSA) is 102 Å². The van der Waals surface area contributed by atoms with Gasteiger partial charge in [0.2, 0.25) is 10.0 Å². The van der Waals surface area contributed by atoms with Gasteiger partial charge in [-0.2, -0.15) is 0 Å². The smallest absolute Gasteiger partial charge is 0.323 e. The monoisotopic (exact) mass is 289 g/mol. The fourth-order valence-electron chi connectivity index (χ4n) is 1.29. The van der Waals surface area contributed by atoms with Crippen molar-refractivity contribution in [1.29, 1.82) is 0 Å². The van der Waals surface area contributed by atoms with Crippen molar-refractivity contribution in [1.82, 2.24) is 0 Å². The van der Waals surface area contributed by atoms with E-state index in [2.05, 4.69) is 9.46 Å². The maximum absolute atomic E-state index is 11.6. The summed E-state index contributed by atoms with van der Waals surface area (Å²) in [7, 11) is -2.51. The third-order valence-electron chi connectivity index (χ3n) is 2.08. The first-order valence-corrected chi connectivity index (χ1v) is 7.06. The van der Waals surface area contributed by atoms with Crippen LogP contribution in [0, 0.1) is 0 Å². The fourth-order valence-corrected chi connectivity index (χ4v) is 2.26. The molecule has 0 bridgehead atoms. The molecule has 0 radical (unpaired) electrons. The lowest BCUT2D eigenvalue weighted by atomic mass is 10.3. The Bertz CT molecular complexity index is 554. The minimum Gasteiger partial charge on any atom is -0.506 e. The van der Waals surface area contributed by atoms with Gasteiger partial charge in [-0.15, -0.1) is 0 Å². The normalized spacial score (nSPS) is 10.8. The molecular formula is C11H15NO6S. The van der Waals surface area contributed by atoms with Gasteiger partial charge in [0, 0.05) is 6.07 Å². The van der Waals surface area contributed by atoms with Crippen LogP contribution < -0.4 is 9.46 Å². The average Bonchev–Trinajstić information content (AvgIpc) is 2.31. The van der Waals surface area contributed by atoms with Crippen molar-refractivity contribution in [2.45, 2.75) is 6.92 Å². The van der Waals surface area contributed by atoms with Crippen LogP contribution in [0.4, 0.5) is 5.69 Å². The van der Waals surface area contributed by atoms with Gasteiger partial charge in [-0.3, -0.25) is 9.52 Å². The Labute approximate surface area is 111 Å². The fraction of sp³-hybridized carbons (Fsp3) is 0.364. The minimum absolute atomic E-state index is 0.0369. The number of hydrogen-bond donors (Lipinski definition) is 2. The van der Waals surface area contributed by atoms with Crippen molar-refractivity contribution in [2.75, 3.05) is 24.2 Å². The summed E-state index contributed by atoms with van der Waals surface area (Å²) in [5.41, 5.74) is -0.0369. The molecule has 0 unspecified atom stereocenters. The van der Waals surface area contributed by atoms with E-state index < -0.39 is 21.7 Å². The lowest BCUT2D eigenvalue weighted by Gasteiger charge is -2.10. The number of phenols is 1. The molecule has 0 aromatic heterocycles. The van der Waals surface area contributed by atoms with Crippen LogP contribution in [0.2, 0.25) is 0 Å². The van der Waals surface area contributed by atoms with Gasteiger partial charge >= 0.3 is 5.97 Å². The SMILES string of the molecule is CCOC(=O)CS(=O)(=O)Nc1ccc(OC)cc1O. The summed E-state index contributed by atoms with van der Waals surface area (Å²) in [6.07, 6.45) is 0. The molecule has 0 aliphatic rings. The molecule has 0 saturated heterocycles. The first-order chi connectivity index (χ1) is 8.88. The highest BCUT2D eigenvalue weighted by atomic mass is 32.2. The largest absolute Gasteiger partial charge is 0.506 e. The zero-order chi connectivity index (χ0) is 14.5. The zero-order valence-electron chi connectivity index (χ0n) is 10.5. The van der Waals surface area contributed by atoms with E-state index in [0.717, 1.165) is 0 Å². The molecule has 0 aliphatic heterocycles. The van der Waals surface area contributed by atoms with Crippen LogP contribution >= 0.6 is 0 Å². The molecule has 0 amide bonds. The molecular weight excluding hydrogens is 274 g/mol. The van der Waals surface area contributed by atoms with Crippen molar-refractivity contribution in [3.8, 4) is 11.5 Å². The van der Waals surface area contributed by atoms with Crippen LogP contribution in [0.5, 0.6) is 11.5 Å². The molecule has 0 spiro atoms. The highest BCUT2D eigenvalue weighted by molar-refractivity contribution is 7.93. The second kappa shape index (κ2) is 6.28. The van der Waals surface area contributed by atoms with E-state index in [4.69, 9.17) is 4.74 Å². The summed E-state index contributed by atoms with van der Waals surface area (Å²) in [5.74, 6) is -1.59. The lowest BCUT2D eigenvalue weighted by Crippen LogP contribution is -2.24. The molecule has 2 N–H and O–H groups in total. The lowest BCUT2D eigenvalue weighted by molar-refractivity contribution is -0.139. The van der Waals surface area contributed by atoms with Gasteiger partial charge < -0.3 is 14.6 Å². The average molecular weight is 289 g/mol. The van der Waals surface area contributed by atoms with Crippen LogP contribution in [0.1, 0.15) is 6.92 Å². The van der Waals surface area contributed by atoms with Gasteiger partial charge in [0.15, 0.2) is 5.75 Å². The number of anilines is 1. The van der Waals surface area contributed by atoms with Gasteiger partial charge in [-0.1, -0.05) is 0 Å². The van der Waals surface area contributed by atoms with Gasteiger partial charge in [0.1, 0.15) is 11.5 Å². The molecule has 0 atom stereocenters. The molecule has 1 aromatic rings. The predicted molar refractivity (Wildman–Crippen MR) is 68.7 cm³/mol. The molecule has 8 heteroatoms. The Balaban J connectivity index is 2.81. The van der Waals surface area contributed by atoms with Gasteiger partial charge in [-0.05, 0) is 19.1 Å². The Morgan fingerprint density at radius 2 is 2.11 bits per heavy atom. The molecule has 1 rings (SSSR count). The number of esters is 1. The third-order valence-corrected chi connectivity index (χ3v) is 3.23. The Morgan fingerprint density at radius 1 is 1.42 bits per heavy atom. The van der Waals surface area contributed by atoms with E-state index >= 15 is 0 Å². The van der Waals surface area contributed by atoms with Gasteiger partial charge in [0.05, 0.1) is 19.4 Å². The van der Waals surface area contributed by atoms with E-state index in [1.165, 1.54) is 25.3 Å². The number of hydrogen-bond acceptors (Lipinski definition) is 6. The number of benzene rings is 1. The van der Waals surface area contributed by atoms with Gasteiger partial charge in [0.25, 0.3) is 0 Å². The van der Waals surface area contributed by atoms with Crippen molar-refractivity contribution >= 4 is 21.7 Å². The maximum Gasteiger partial charge on any atom is 0.323 e. The molecule has 0 heterocycles. The van der Waals surface area contributed by atoms with E-state index in [0.29, 0.717) is 5.75 Å². The number of aromatic hydroxyl groups is 1. The summed E-state index contributed by atoms with van der Waals surface area (Å²) in [5, 5.41) is 9.60. The number of carbonyl (C=O) groups is 1. The maximum atomic E-state index is 11.6. The summed E-state index contributed by atoms with van der Waals surface area (Å²) < 4.78 is 34.8. The summed E-state index contributed by atoms with van der Waals surface area (Å²) in [6.45, 7) is 1.68. The van der Waals surface area contributed by atoms with Crippen LogP contribution in [0.15, 0.2) is 18.2 Å². The van der Waals surface area contributed by atoms with Gasteiger partial charge in [-0.25, -0.2) is 8.42 Å². The molecule has 1 aromatic carbocycles. The predicted octanol–water partition coefficient (Wildman–Crippen LogP) is 0.706. The number of carbonyl (C=O) groups excluding carboxylic acids is 1. The second-order valence-electron chi connectivity index (χ2n) is 3.55. The van der Waals surface area contributed by atoms with E-state index in [9.17, 15) is 18.3 Å². The molecule has 19 heavy (non-hydrogen) atoms. The Morgan fingerprint density at radius 3 is 2.63 bits per heavy atom. The minimum atomic E-state index is -3.92. The summed E-state index contributed by atoms with van der Waals surface area (Å²) in [4.78, 5) is 11.1. The molecule has 0 fully saturated rings. The molecule has 106 valence electrons. The molecule has 0 saturated carbocycles. The number of ether oxygens (including phenoxy) is 2. The number of sulfonamides is 1. The standard InChI is InChI=1S/C11H15NO6S/c1-3-18-11(14)7-19(15,16)12-9-5-4-8(17-2)6-10(9)13/h4-6,12-13H,3,7H2,1-2H3. The van der Waals surface area contributed by atoms with Crippen molar-refractivity contribution in [3.63, 3.8) is 0 Å². The Kier molecular flexibility index (Phi) is 4.99. The van der Waals surface area contributed by atoms with Crippen molar-refractivity contribution in [3.05, 3.63) is 18.2 Å². The quantitative estimate of drug-likeness (QED) is 0.590. The van der Waals surface area contributed by atoms with Crippen LogP contribution in [-0.2, 0) is 19.6 Å². The third kappa shape index (κ3) is 4.66. The number of rotatable bonds is 6. The Hall–Kier alpha value is -1.96. The van der Waals surface area contributed by atoms with E-state index in [1.807, 2.05) is 0 Å². The highest BCUT2D eigenvalue weighted by Gasteiger charge is 2.19. The number of nitrogens with one attached hydrogen (secondary N) is 1. The van der Waals surface area contributed by atoms with Crippen LogP contribution in [0.3, 0.4) is 0 Å². The first-order valence-electron chi connectivity index (χ1n) is 5.41. The van der Waals surface area contributed by atoms with Crippen molar-refractivity contribution in [2.24, 2.45) is 0 Å². The van der Waals surface area contributed by atoms with Crippen molar-refractivity contribution < 1.29 is 27.8 Å². The summed E-state index contributed by atoms with van der Waals surface area (Å²) in [6, 6.07) is 4.06. The molecule has 7 nitrogen and oxygen atoms in total. The van der Waals surface area contributed by atoms with Crippen LogP contribution in [-0.4, -0.2) is 39.0 Å². The molecule has 0 aliphatic carbocycles. The summed E-state index contributed by atoms with van der Waals surface area (Å²) >= 11 is 0. The first kappa shape index (κ1) is 15.1. The van der Waals surface area contributed by atoms with Crippen LogP contribution in [0.25, 0.3) is 0 Å². The second-order valence-corrected chi connectivity index (χ2v) is 5.27. The van der Waals surface area contributed by atoms with E-state index in [1.54, 1.807) is 6.92 Å². The number of methoxy groups -OCH3 is 1. The zero-order valence-corrected chi connectivity index (χ0v) is 11.4. The number of phenolic OH excluding ortho intramolecular Hbond substituents is 1.